The Morgan fingerprint density at radius 1 is 1.21 bits per heavy atom. The fourth-order valence-electron chi connectivity index (χ4n) is 3.61. The molecule has 3 rings (SSSR count). The van der Waals surface area contributed by atoms with Crippen molar-refractivity contribution in [2.75, 3.05) is 23.3 Å². The number of hydrogen-bond donors (Lipinski definition) is 1. The highest BCUT2D eigenvalue weighted by atomic mass is 32.2. The molecule has 1 unspecified atom stereocenters. The first-order valence-corrected chi connectivity index (χ1v) is 11.1. The number of sulfonamides is 1. The van der Waals surface area contributed by atoms with Crippen LogP contribution in [0.3, 0.4) is 0 Å². The van der Waals surface area contributed by atoms with Crippen molar-refractivity contribution in [2.24, 2.45) is 0 Å². The van der Waals surface area contributed by atoms with Crippen molar-refractivity contribution in [1.82, 2.24) is 0 Å². The summed E-state index contributed by atoms with van der Waals surface area (Å²) < 4.78 is 47.5. The summed E-state index contributed by atoms with van der Waals surface area (Å²) in [5.41, 5.74) is 2.60. The van der Waals surface area contributed by atoms with Gasteiger partial charge < -0.3 is 9.64 Å². The zero-order chi connectivity index (χ0) is 21.2. The summed E-state index contributed by atoms with van der Waals surface area (Å²) >= 11 is 0. The number of amides is 1. The molecule has 0 aromatic heterocycles. The molecule has 6 nitrogen and oxygen atoms in total. The number of anilines is 2. The van der Waals surface area contributed by atoms with Crippen LogP contribution in [0.2, 0.25) is 0 Å². The van der Waals surface area contributed by atoms with Crippen LogP contribution in [0, 0.1) is 5.82 Å². The van der Waals surface area contributed by atoms with E-state index in [4.69, 9.17) is 4.74 Å². The fraction of sp³-hybridized carbons (Fsp3) is 0.381. The summed E-state index contributed by atoms with van der Waals surface area (Å²) in [6.07, 6.45) is 0.268. The number of hydrogen-bond acceptors (Lipinski definition) is 4. The molecular formula is C21H25FN2O4S. The monoisotopic (exact) mass is 420 g/mol. The van der Waals surface area contributed by atoms with Gasteiger partial charge in [0.15, 0.2) is 0 Å². The summed E-state index contributed by atoms with van der Waals surface area (Å²) in [5, 5.41) is 0. The number of nitrogens with one attached hydrogen (secondary N) is 1. The second-order valence-electron chi connectivity index (χ2n) is 7.25. The highest BCUT2D eigenvalue weighted by Crippen LogP contribution is 2.39. The number of fused-ring (bicyclic) bond motifs is 1. The molecule has 0 fully saturated rings. The predicted molar refractivity (Wildman–Crippen MR) is 111 cm³/mol. The molecule has 2 aromatic rings. The second-order valence-corrected chi connectivity index (χ2v) is 8.97. The molecule has 1 N–H and O–H groups in total. The molecule has 0 aliphatic carbocycles. The molecule has 0 saturated heterocycles. The van der Waals surface area contributed by atoms with E-state index < -0.39 is 15.8 Å². The Morgan fingerprint density at radius 3 is 2.48 bits per heavy atom. The van der Waals surface area contributed by atoms with Gasteiger partial charge in [0.2, 0.25) is 15.9 Å². The summed E-state index contributed by atoms with van der Waals surface area (Å²) in [6.45, 7) is 4.43. The Morgan fingerprint density at radius 2 is 1.86 bits per heavy atom. The molecule has 1 aliphatic heterocycles. The van der Waals surface area contributed by atoms with Gasteiger partial charge in [0.25, 0.3) is 0 Å². The molecule has 29 heavy (non-hydrogen) atoms. The first kappa shape index (κ1) is 21.3. The number of carbonyl (C=O) groups excluding carboxylic acids is 1. The highest BCUT2D eigenvalue weighted by molar-refractivity contribution is 7.91. The number of carbonyl (C=O) groups is 1. The van der Waals surface area contributed by atoms with Gasteiger partial charge >= 0.3 is 0 Å². The second kappa shape index (κ2) is 8.51. The van der Waals surface area contributed by atoms with E-state index in [9.17, 15) is 17.6 Å². The average Bonchev–Trinajstić information content (AvgIpc) is 2.64. The number of methoxy groups -OCH3 is 1. The van der Waals surface area contributed by atoms with Gasteiger partial charge in [0.1, 0.15) is 5.82 Å². The third-order valence-electron chi connectivity index (χ3n) is 4.96. The number of halogens is 1. The van der Waals surface area contributed by atoms with Crippen LogP contribution < -0.4 is 9.62 Å². The summed E-state index contributed by atoms with van der Waals surface area (Å²) in [6, 6.07) is 9.83. The van der Waals surface area contributed by atoms with Crippen LogP contribution in [0.25, 0.3) is 0 Å². The third kappa shape index (κ3) is 4.76. The topological polar surface area (TPSA) is 75.7 Å². The minimum atomic E-state index is -3.73. The molecule has 0 saturated carbocycles. The Labute approximate surface area is 170 Å². The minimum absolute atomic E-state index is 0.128. The maximum atomic E-state index is 14.8. The standard InChI is InChI=1S/C21H25FN2O4S/c1-4-24-20(25)9-14(2)18-10-17(11-19(22)21(18)24)23-29(26,27)13-16-7-5-15(6-8-16)12-28-3/h5-8,10-11,14,23H,4,9,12-13H2,1-3H3. The van der Waals surface area contributed by atoms with Crippen LogP contribution in [0.15, 0.2) is 36.4 Å². The van der Waals surface area contributed by atoms with Crippen molar-refractivity contribution in [3.8, 4) is 0 Å². The van der Waals surface area contributed by atoms with Crippen LogP contribution in [0.4, 0.5) is 15.8 Å². The van der Waals surface area contributed by atoms with Crippen LogP contribution in [0.1, 0.15) is 42.9 Å². The van der Waals surface area contributed by atoms with Crippen LogP contribution in [-0.4, -0.2) is 28.0 Å². The van der Waals surface area contributed by atoms with Gasteiger partial charge in [0.05, 0.1) is 23.7 Å². The summed E-state index contributed by atoms with van der Waals surface area (Å²) in [5.74, 6) is -1.15. The normalized spacial score (nSPS) is 16.6. The van der Waals surface area contributed by atoms with E-state index in [1.807, 2.05) is 19.1 Å². The SMILES string of the molecule is CCN1C(=O)CC(C)c2cc(NS(=O)(=O)Cc3ccc(COC)cc3)cc(F)c21. The van der Waals surface area contributed by atoms with E-state index in [2.05, 4.69) is 4.72 Å². The zero-order valence-corrected chi connectivity index (χ0v) is 17.6. The van der Waals surface area contributed by atoms with E-state index in [-0.39, 0.29) is 35.4 Å². The smallest absolute Gasteiger partial charge is 0.236 e. The Balaban J connectivity index is 1.83. The van der Waals surface area contributed by atoms with Crippen LogP contribution in [0.5, 0.6) is 0 Å². The quantitative estimate of drug-likeness (QED) is 0.740. The molecule has 156 valence electrons. The van der Waals surface area contributed by atoms with Crippen LogP contribution in [-0.2, 0) is 31.9 Å². The molecule has 1 heterocycles. The molecule has 1 aliphatic rings. The van der Waals surface area contributed by atoms with Gasteiger partial charge in [-0.2, -0.15) is 0 Å². The Hall–Kier alpha value is -2.45. The third-order valence-corrected chi connectivity index (χ3v) is 6.22. The molecule has 0 spiro atoms. The molecule has 2 aromatic carbocycles. The fourth-order valence-corrected chi connectivity index (χ4v) is 4.79. The largest absolute Gasteiger partial charge is 0.380 e. The lowest BCUT2D eigenvalue weighted by Crippen LogP contribution is -2.36. The van der Waals surface area contributed by atoms with Crippen molar-refractivity contribution in [1.29, 1.82) is 0 Å². The molecular weight excluding hydrogens is 395 g/mol. The highest BCUT2D eigenvalue weighted by Gasteiger charge is 2.31. The maximum Gasteiger partial charge on any atom is 0.236 e. The van der Waals surface area contributed by atoms with Crippen molar-refractivity contribution >= 4 is 27.3 Å². The Kier molecular flexibility index (Phi) is 6.24. The lowest BCUT2D eigenvalue weighted by molar-refractivity contribution is -0.119. The maximum absolute atomic E-state index is 14.8. The van der Waals surface area contributed by atoms with Crippen molar-refractivity contribution in [3.63, 3.8) is 0 Å². The molecule has 1 atom stereocenters. The van der Waals surface area contributed by atoms with E-state index in [0.717, 1.165) is 11.6 Å². The number of benzene rings is 2. The lowest BCUT2D eigenvalue weighted by atomic mass is 9.90. The van der Waals surface area contributed by atoms with Gasteiger partial charge in [-0.1, -0.05) is 31.2 Å². The zero-order valence-electron chi connectivity index (χ0n) is 16.7. The molecule has 1 amide bonds. The molecule has 0 radical (unpaired) electrons. The summed E-state index contributed by atoms with van der Waals surface area (Å²) in [4.78, 5) is 13.6. The van der Waals surface area contributed by atoms with Crippen molar-refractivity contribution in [3.05, 3.63) is 58.9 Å². The predicted octanol–water partition coefficient (Wildman–Crippen LogP) is 3.77. The lowest BCUT2D eigenvalue weighted by Gasteiger charge is -2.32. The van der Waals surface area contributed by atoms with E-state index >= 15 is 0 Å². The number of rotatable bonds is 7. The Bertz CT molecular complexity index is 1010. The first-order chi connectivity index (χ1) is 13.7. The van der Waals surface area contributed by atoms with Crippen LogP contribution >= 0.6 is 0 Å². The van der Waals surface area contributed by atoms with Gasteiger partial charge in [-0.3, -0.25) is 9.52 Å². The van der Waals surface area contributed by atoms with Crippen molar-refractivity contribution < 1.29 is 22.3 Å². The van der Waals surface area contributed by atoms with Gasteiger partial charge in [-0.05, 0) is 35.6 Å². The van der Waals surface area contributed by atoms with E-state index in [0.29, 0.717) is 24.3 Å². The summed E-state index contributed by atoms with van der Waals surface area (Å²) in [7, 11) is -2.14. The van der Waals surface area contributed by atoms with Crippen molar-refractivity contribution in [2.45, 2.75) is 38.5 Å². The first-order valence-electron chi connectivity index (χ1n) is 9.45. The molecule has 8 heteroatoms. The number of ether oxygens (including phenoxy) is 1. The van der Waals surface area contributed by atoms with E-state index in [1.165, 1.54) is 4.90 Å². The van der Waals surface area contributed by atoms with E-state index in [1.54, 1.807) is 32.2 Å². The average molecular weight is 421 g/mol. The van der Waals surface area contributed by atoms with Gasteiger partial charge in [-0.15, -0.1) is 0 Å². The molecule has 0 bridgehead atoms. The minimum Gasteiger partial charge on any atom is -0.380 e. The van der Waals surface area contributed by atoms with Gasteiger partial charge in [-0.25, -0.2) is 12.8 Å². The van der Waals surface area contributed by atoms with Gasteiger partial charge in [0, 0.05) is 26.1 Å². The number of nitrogens with zero attached hydrogens (tertiary/aromatic N) is 1.